The molecule has 1 saturated heterocycles. The van der Waals surface area contributed by atoms with Crippen LogP contribution in [0.5, 0.6) is 0 Å². The summed E-state index contributed by atoms with van der Waals surface area (Å²) in [5.41, 5.74) is 12.7. The number of carbonyl (C=O) groups is 1. The number of amides is 1. The lowest BCUT2D eigenvalue weighted by Gasteiger charge is -2.45. The molecule has 5 N–H and O–H groups in total. The topological polar surface area (TPSA) is 90.4 Å². The summed E-state index contributed by atoms with van der Waals surface area (Å²) < 4.78 is 6.14. The van der Waals surface area contributed by atoms with Gasteiger partial charge < -0.3 is 14.7 Å². The fourth-order valence-corrected chi connectivity index (χ4v) is 5.19. The van der Waals surface area contributed by atoms with E-state index in [2.05, 4.69) is 53.4 Å². The van der Waals surface area contributed by atoms with Gasteiger partial charge in [-0.25, -0.2) is 10.2 Å². The van der Waals surface area contributed by atoms with E-state index in [4.69, 9.17) is 4.74 Å². The molecule has 1 amide bonds. The molecule has 182 valence electrons. The largest absolute Gasteiger partial charge is 0.438 e. The van der Waals surface area contributed by atoms with Gasteiger partial charge in [-0.15, -0.1) is 0 Å². The number of benzene rings is 3. The number of hydrazine groups is 1. The van der Waals surface area contributed by atoms with Gasteiger partial charge in [0.15, 0.2) is 5.69 Å². The number of anilines is 1. The second-order valence-electron chi connectivity index (χ2n) is 10.2. The highest BCUT2D eigenvalue weighted by atomic mass is 16.6. The highest BCUT2D eigenvalue weighted by molar-refractivity contribution is 5.74. The molecule has 0 radical (unpaired) electrons. The Morgan fingerprint density at radius 2 is 1.80 bits per heavy atom. The molecule has 2 heterocycles. The summed E-state index contributed by atoms with van der Waals surface area (Å²) in [6, 6.07) is 24.3. The van der Waals surface area contributed by atoms with Crippen LogP contribution in [0, 0.1) is 0 Å². The minimum absolute atomic E-state index is 0.132. The average molecular weight is 474 g/mol. The molecule has 0 aliphatic carbocycles. The first-order chi connectivity index (χ1) is 16.7. The van der Waals surface area contributed by atoms with Crippen molar-refractivity contribution in [2.75, 3.05) is 12.0 Å². The Labute approximate surface area is 206 Å². The van der Waals surface area contributed by atoms with Gasteiger partial charge in [0.2, 0.25) is 0 Å². The van der Waals surface area contributed by atoms with E-state index >= 15 is 0 Å². The van der Waals surface area contributed by atoms with Crippen LogP contribution in [0.25, 0.3) is 11.1 Å². The molecule has 35 heavy (non-hydrogen) atoms. The second kappa shape index (κ2) is 9.00. The predicted octanol–water partition coefficient (Wildman–Crippen LogP) is 4.35. The fourth-order valence-electron chi connectivity index (χ4n) is 5.19. The number of aliphatic hydroxyl groups is 1. The monoisotopic (exact) mass is 473 g/mol. The normalized spacial score (nSPS) is 20.7. The van der Waals surface area contributed by atoms with E-state index in [1.54, 1.807) is 18.7 Å². The molecule has 2 atom stereocenters. The number of quaternary nitrogens is 1. The van der Waals surface area contributed by atoms with Gasteiger partial charge in [-0.2, -0.15) is 0 Å². The molecule has 0 spiro atoms. The maximum Gasteiger partial charge on any atom is 0.411 e. The minimum Gasteiger partial charge on any atom is -0.438 e. The Kier molecular flexibility index (Phi) is 6.01. The van der Waals surface area contributed by atoms with E-state index in [1.807, 2.05) is 42.7 Å². The van der Waals surface area contributed by atoms with Gasteiger partial charge in [-0.3, -0.25) is 5.43 Å². The fraction of sp³-hybridized carbons (Fsp3) is 0.321. The molecule has 1 fully saturated rings. The molecule has 3 aromatic carbocycles. The Hall–Kier alpha value is -3.39. The van der Waals surface area contributed by atoms with Crippen molar-refractivity contribution in [2.45, 2.75) is 50.9 Å². The first kappa shape index (κ1) is 23.4. The third kappa shape index (κ3) is 4.75. The number of nitrogens with zero attached hydrogens (tertiary/aromatic N) is 1. The lowest BCUT2D eigenvalue weighted by Crippen LogP contribution is -2.86. The molecule has 2 aliphatic rings. The van der Waals surface area contributed by atoms with Crippen molar-refractivity contribution >= 4 is 17.5 Å². The number of nitrogens with one attached hydrogen (secondary N) is 2. The lowest BCUT2D eigenvalue weighted by molar-refractivity contribution is -0.620. The van der Waals surface area contributed by atoms with E-state index in [9.17, 15) is 9.90 Å². The average Bonchev–Trinajstić information content (AvgIpc) is 3.31. The van der Waals surface area contributed by atoms with Crippen LogP contribution >= 0.6 is 0 Å². The molecule has 2 unspecified atom stereocenters. The van der Waals surface area contributed by atoms with Crippen LogP contribution < -0.4 is 16.4 Å². The maximum absolute atomic E-state index is 13.3. The number of hydrogen-bond acceptors (Lipinski definition) is 5. The van der Waals surface area contributed by atoms with Crippen molar-refractivity contribution < 1.29 is 20.1 Å². The van der Waals surface area contributed by atoms with Gasteiger partial charge in [-0.1, -0.05) is 60.1 Å². The highest BCUT2D eigenvalue weighted by Crippen LogP contribution is 2.42. The first-order valence-corrected chi connectivity index (χ1v) is 12.1. The molecule has 5 rings (SSSR count). The van der Waals surface area contributed by atoms with Crippen LogP contribution in [0.1, 0.15) is 50.8 Å². The number of ether oxygens (including phenoxy) is 1. The standard InChI is InChI=1S/C28H32N4O3/c1-19(20-9-11-21(12-10-20)22-13-14-24-25(17-22)30-31-29-24)32-16-15-28(35-26(32)33,18-27(2,3)34)23-7-5-4-6-8-23/h4-14,17,19,29-31,34H,15-16,18H2,1-3H3/p+1. The third-order valence-corrected chi connectivity index (χ3v) is 6.97. The predicted molar refractivity (Wildman–Crippen MR) is 135 cm³/mol. The number of cyclic esters (lactones) is 1. The van der Waals surface area contributed by atoms with Crippen molar-refractivity contribution in [2.24, 2.45) is 0 Å². The Morgan fingerprint density at radius 3 is 2.49 bits per heavy atom. The summed E-state index contributed by atoms with van der Waals surface area (Å²) in [6.45, 7) is 6.09. The zero-order valence-electron chi connectivity index (χ0n) is 20.4. The van der Waals surface area contributed by atoms with Gasteiger partial charge >= 0.3 is 6.09 Å². The molecular weight excluding hydrogens is 440 g/mol. The Bertz CT molecular complexity index is 1210. The molecule has 7 heteroatoms. The summed E-state index contributed by atoms with van der Waals surface area (Å²) in [6.07, 6.45) is 0.604. The molecule has 0 saturated carbocycles. The number of rotatable bonds is 6. The minimum atomic E-state index is -0.971. The summed E-state index contributed by atoms with van der Waals surface area (Å²) in [4.78, 5) is 15.1. The summed E-state index contributed by atoms with van der Waals surface area (Å²) in [7, 11) is 0. The lowest BCUT2D eigenvalue weighted by atomic mass is 9.80. The van der Waals surface area contributed by atoms with Gasteiger partial charge in [0.05, 0.1) is 11.6 Å². The number of hydrogen-bond donors (Lipinski definition) is 4. The van der Waals surface area contributed by atoms with Crippen LogP contribution in [0.4, 0.5) is 16.2 Å². The highest BCUT2D eigenvalue weighted by Gasteiger charge is 2.46. The molecular formula is C28H33N4O3+. The Balaban J connectivity index is 1.33. The summed E-state index contributed by atoms with van der Waals surface area (Å²) in [5.74, 6) is 0. The molecule has 0 bridgehead atoms. The van der Waals surface area contributed by atoms with Gasteiger partial charge in [-0.05, 0) is 55.2 Å². The van der Waals surface area contributed by atoms with Crippen molar-refractivity contribution in [1.29, 1.82) is 0 Å². The van der Waals surface area contributed by atoms with Crippen LogP contribution in [-0.2, 0) is 10.3 Å². The van der Waals surface area contributed by atoms with E-state index < -0.39 is 11.2 Å². The van der Waals surface area contributed by atoms with Gasteiger partial charge in [0.1, 0.15) is 11.3 Å². The quantitative estimate of drug-likeness (QED) is 0.316. The third-order valence-electron chi connectivity index (χ3n) is 6.97. The van der Waals surface area contributed by atoms with Crippen molar-refractivity contribution in [3.63, 3.8) is 0 Å². The van der Waals surface area contributed by atoms with Gasteiger partial charge in [0, 0.05) is 25.5 Å². The van der Waals surface area contributed by atoms with Crippen molar-refractivity contribution in [1.82, 2.24) is 10.4 Å². The number of carbonyl (C=O) groups excluding carboxylic acids is 1. The molecule has 2 aliphatic heterocycles. The van der Waals surface area contributed by atoms with Crippen LogP contribution in [-0.4, -0.2) is 28.2 Å². The van der Waals surface area contributed by atoms with Crippen LogP contribution in [0.2, 0.25) is 0 Å². The second-order valence-corrected chi connectivity index (χ2v) is 10.2. The number of fused-ring (bicyclic) bond motifs is 1. The molecule has 7 nitrogen and oxygen atoms in total. The number of nitrogens with two attached hydrogens (primary N) is 1. The molecule has 0 aromatic heterocycles. The van der Waals surface area contributed by atoms with E-state index in [1.165, 1.54) is 0 Å². The summed E-state index contributed by atoms with van der Waals surface area (Å²) >= 11 is 0. The smallest absolute Gasteiger partial charge is 0.411 e. The Morgan fingerprint density at radius 1 is 1.09 bits per heavy atom. The summed E-state index contributed by atoms with van der Waals surface area (Å²) in [5, 5.41) is 10.6. The van der Waals surface area contributed by atoms with Crippen molar-refractivity contribution in [3.8, 4) is 11.1 Å². The van der Waals surface area contributed by atoms with Crippen LogP contribution in [0.3, 0.4) is 0 Å². The van der Waals surface area contributed by atoms with Crippen molar-refractivity contribution in [3.05, 3.63) is 83.9 Å². The molecule has 3 aromatic rings. The maximum atomic E-state index is 13.3. The zero-order valence-corrected chi connectivity index (χ0v) is 20.4. The van der Waals surface area contributed by atoms with E-state index in [0.29, 0.717) is 19.4 Å². The van der Waals surface area contributed by atoms with Crippen LogP contribution in [0.15, 0.2) is 72.8 Å². The SMILES string of the molecule is CC(c1ccc(-c2ccc3c(c2)NN[NH2+]3)cc1)N1CCC(CC(C)(C)O)(c2ccccc2)OC1=O. The van der Waals surface area contributed by atoms with E-state index in [-0.39, 0.29) is 12.1 Å². The first-order valence-electron chi connectivity index (χ1n) is 12.1. The van der Waals surface area contributed by atoms with Gasteiger partial charge in [0.25, 0.3) is 0 Å². The zero-order chi connectivity index (χ0) is 24.6. The van der Waals surface area contributed by atoms with E-state index in [0.717, 1.165) is 33.6 Å².